The lowest BCUT2D eigenvalue weighted by atomic mass is 10.1. The van der Waals surface area contributed by atoms with E-state index in [1.807, 2.05) is 48.5 Å². The first kappa shape index (κ1) is 22.4. The number of amides is 4. The predicted molar refractivity (Wildman–Crippen MR) is 109 cm³/mol. The highest BCUT2D eigenvalue weighted by Gasteiger charge is 2.19. The summed E-state index contributed by atoms with van der Waals surface area (Å²) in [6.07, 6.45) is -0.514. The summed E-state index contributed by atoms with van der Waals surface area (Å²) in [7, 11) is 0. The van der Waals surface area contributed by atoms with Gasteiger partial charge in [0, 0.05) is 6.42 Å². The number of alkyl carbamates (subject to hydrolysis) is 1. The van der Waals surface area contributed by atoms with E-state index in [9.17, 15) is 19.2 Å². The van der Waals surface area contributed by atoms with Gasteiger partial charge in [0.15, 0.2) is 0 Å². The van der Waals surface area contributed by atoms with Gasteiger partial charge in [0.05, 0.1) is 6.54 Å². The molecular formula is C21H24N4O5. The van der Waals surface area contributed by atoms with Gasteiger partial charge in [-0.15, -0.1) is 0 Å². The van der Waals surface area contributed by atoms with Gasteiger partial charge in [0.2, 0.25) is 17.7 Å². The number of benzene rings is 2. The van der Waals surface area contributed by atoms with Crippen molar-refractivity contribution < 1.29 is 23.9 Å². The van der Waals surface area contributed by atoms with Gasteiger partial charge in [-0.2, -0.15) is 0 Å². The van der Waals surface area contributed by atoms with Crippen molar-refractivity contribution in [2.45, 2.75) is 19.1 Å². The van der Waals surface area contributed by atoms with Crippen LogP contribution in [-0.4, -0.2) is 42.9 Å². The minimum absolute atomic E-state index is 0.0760. The molecular weight excluding hydrogens is 388 g/mol. The zero-order chi connectivity index (χ0) is 21.8. The van der Waals surface area contributed by atoms with E-state index in [2.05, 4.69) is 16.0 Å². The number of rotatable bonds is 10. The van der Waals surface area contributed by atoms with Crippen molar-refractivity contribution in [3.05, 3.63) is 71.8 Å². The molecule has 9 nitrogen and oxygen atoms in total. The lowest BCUT2D eigenvalue weighted by molar-refractivity contribution is -0.128. The lowest BCUT2D eigenvalue weighted by Gasteiger charge is -2.16. The molecule has 9 heteroatoms. The van der Waals surface area contributed by atoms with E-state index < -0.39 is 29.9 Å². The Hall–Kier alpha value is -3.88. The number of carbonyl (C=O) groups is 4. The van der Waals surface area contributed by atoms with E-state index in [0.717, 1.165) is 11.1 Å². The fraction of sp³-hybridized carbons (Fsp3) is 0.238. The van der Waals surface area contributed by atoms with Gasteiger partial charge in [-0.1, -0.05) is 60.7 Å². The van der Waals surface area contributed by atoms with Crippen LogP contribution in [0.15, 0.2) is 60.7 Å². The zero-order valence-electron chi connectivity index (χ0n) is 16.3. The Morgan fingerprint density at radius 2 is 1.37 bits per heavy atom. The molecule has 0 saturated carbocycles. The fourth-order valence-electron chi connectivity index (χ4n) is 2.49. The molecule has 158 valence electrons. The summed E-state index contributed by atoms with van der Waals surface area (Å²) >= 11 is 0. The molecule has 0 fully saturated rings. The first-order valence-electron chi connectivity index (χ1n) is 9.28. The average Bonchev–Trinajstić information content (AvgIpc) is 2.75. The molecule has 0 aliphatic heterocycles. The maximum absolute atomic E-state index is 12.0. The molecule has 2 aromatic carbocycles. The molecule has 0 aromatic heterocycles. The van der Waals surface area contributed by atoms with E-state index in [1.165, 1.54) is 0 Å². The minimum atomic E-state index is -0.900. The molecule has 0 aliphatic rings. The molecule has 0 radical (unpaired) electrons. The number of ether oxygens (including phenoxy) is 1. The summed E-state index contributed by atoms with van der Waals surface area (Å²) in [5.74, 6) is -1.84. The Balaban J connectivity index is 1.67. The Morgan fingerprint density at radius 3 is 1.97 bits per heavy atom. The van der Waals surface area contributed by atoms with Gasteiger partial charge in [-0.05, 0) is 11.1 Å². The highest BCUT2D eigenvalue weighted by Crippen LogP contribution is 2.03. The fourth-order valence-corrected chi connectivity index (χ4v) is 2.49. The largest absolute Gasteiger partial charge is 0.445 e. The molecule has 0 saturated heterocycles. The first-order valence-corrected chi connectivity index (χ1v) is 9.28. The average molecular weight is 412 g/mol. The highest BCUT2D eigenvalue weighted by molar-refractivity contribution is 5.90. The second-order valence-electron chi connectivity index (χ2n) is 6.40. The summed E-state index contributed by atoms with van der Waals surface area (Å²) in [5.41, 5.74) is 6.99. The van der Waals surface area contributed by atoms with Crippen LogP contribution in [0.2, 0.25) is 0 Å². The molecule has 0 spiro atoms. The Labute approximate surface area is 174 Å². The van der Waals surface area contributed by atoms with Gasteiger partial charge in [0.25, 0.3) is 0 Å². The quantitative estimate of drug-likeness (QED) is 0.443. The van der Waals surface area contributed by atoms with Crippen LogP contribution < -0.4 is 21.7 Å². The van der Waals surface area contributed by atoms with Crippen molar-refractivity contribution >= 4 is 23.8 Å². The second kappa shape index (κ2) is 11.8. The summed E-state index contributed by atoms with van der Waals surface area (Å²) in [4.78, 5) is 47.0. The van der Waals surface area contributed by atoms with Crippen LogP contribution in [0, 0.1) is 0 Å². The number of hydrogen-bond acceptors (Lipinski definition) is 5. The molecule has 5 N–H and O–H groups in total. The minimum Gasteiger partial charge on any atom is -0.445 e. The lowest BCUT2D eigenvalue weighted by Crippen LogP contribution is -2.49. The number of carbonyl (C=O) groups excluding carboxylic acids is 4. The number of nitrogens with two attached hydrogens (primary N) is 1. The molecule has 0 bridgehead atoms. The van der Waals surface area contributed by atoms with E-state index in [0.29, 0.717) is 0 Å². The van der Waals surface area contributed by atoms with Crippen LogP contribution in [-0.2, 0) is 32.1 Å². The van der Waals surface area contributed by atoms with Crippen LogP contribution in [0.5, 0.6) is 0 Å². The molecule has 4 amide bonds. The van der Waals surface area contributed by atoms with Gasteiger partial charge < -0.3 is 26.4 Å². The maximum Gasteiger partial charge on any atom is 0.407 e. The van der Waals surface area contributed by atoms with Crippen molar-refractivity contribution in [2.24, 2.45) is 5.73 Å². The van der Waals surface area contributed by atoms with Gasteiger partial charge in [-0.3, -0.25) is 14.4 Å². The van der Waals surface area contributed by atoms with Crippen molar-refractivity contribution in [3.63, 3.8) is 0 Å². The normalized spacial score (nSPS) is 11.1. The van der Waals surface area contributed by atoms with Crippen LogP contribution >= 0.6 is 0 Å². The smallest absolute Gasteiger partial charge is 0.407 e. The molecule has 0 heterocycles. The molecule has 2 aromatic rings. The van der Waals surface area contributed by atoms with E-state index >= 15 is 0 Å². The van der Waals surface area contributed by atoms with Crippen LogP contribution in [0.4, 0.5) is 4.79 Å². The van der Waals surface area contributed by atoms with E-state index in [1.54, 1.807) is 12.1 Å². The van der Waals surface area contributed by atoms with Crippen molar-refractivity contribution in [1.82, 2.24) is 16.0 Å². The standard InChI is InChI=1S/C21H24N4O5/c22-20(28)17(11-15-7-3-1-4-8-15)25-19(27)13-23-18(26)12-24-21(29)30-14-16-9-5-2-6-10-16/h1-10,17H,11-14H2,(H2,22,28)(H,23,26)(H,24,29)(H,25,27). The summed E-state index contributed by atoms with van der Waals surface area (Å²) in [6.45, 7) is -0.644. The number of nitrogens with one attached hydrogen (secondary N) is 3. The number of primary amides is 1. The zero-order valence-corrected chi connectivity index (χ0v) is 16.3. The summed E-state index contributed by atoms with van der Waals surface area (Å²) in [6, 6.07) is 17.3. The van der Waals surface area contributed by atoms with Crippen molar-refractivity contribution in [1.29, 1.82) is 0 Å². The van der Waals surface area contributed by atoms with Crippen LogP contribution in [0.1, 0.15) is 11.1 Å². The monoisotopic (exact) mass is 412 g/mol. The van der Waals surface area contributed by atoms with Gasteiger partial charge in [-0.25, -0.2) is 4.79 Å². The SMILES string of the molecule is NC(=O)C(Cc1ccccc1)NC(=O)CNC(=O)CNC(=O)OCc1ccccc1. The molecule has 1 unspecified atom stereocenters. The maximum atomic E-state index is 12.0. The third-order valence-electron chi connectivity index (χ3n) is 4.01. The Morgan fingerprint density at radius 1 is 0.800 bits per heavy atom. The summed E-state index contributed by atoms with van der Waals surface area (Å²) in [5, 5.41) is 7.12. The topological polar surface area (TPSA) is 140 Å². The molecule has 0 aliphatic carbocycles. The Kier molecular flexibility index (Phi) is 8.85. The first-order chi connectivity index (χ1) is 14.4. The predicted octanol–water partition coefficient (Wildman–Crippen LogP) is 0.242. The third kappa shape index (κ3) is 8.42. The van der Waals surface area contributed by atoms with Crippen LogP contribution in [0.3, 0.4) is 0 Å². The Bertz CT molecular complexity index is 858. The van der Waals surface area contributed by atoms with Crippen molar-refractivity contribution in [3.8, 4) is 0 Å². The van der Waals surface area contributed by atoms with Crippen molar-refractivity contribution in [2.75, 3.05) is 13.1 Å². The number of hydrogen-bond donors (Lipinski definition) is 4. The molecule has 1 atom stereocenters. The van der Waals surface area contributed by atoms with E-state index in [-0.39, 0.29) is 26.1 Å². The molecule has 30 heavy (non-hydrogen) atoms. The van der Waals surface area contributed by atoms with Gasteiger partial charge >= 0.3 is 6.09 Å². The summed E-state index contributed by atoms with van der Waals surface area (Å²) < 4.78 is 4.98. The third-order valence-corrected chi connectivity index (χ3v) is 4.01. The highest BCUT2D eigenvalue weighted by atomic mass is 16.5. The van der Waals surface area contributed by atoms with Crippen LogP contribution in [0.25, 0.3) is 0 Å². The molecule has 2 rings (SSSR count). The van der Waals surface area contributed by atoms with E-state index in [4.69, 9.17) is 10.5 Å². The van der Waals surface area contributed by atoms with Gasteiger partial charge in [0.1, 0.15) is 19.2 Å². The second-order valence-corrected chi connectivity index (χ2v) is 6.40.